The number of nitrogens with zero attached hydrogens (tertiary/aromatic N) is 3. The van der Waals surface area contributed by atoms with Crippen molar-refractivity contribution < 1.29 is 28.5 Å². The predicted octanol–water partition coefficient (Wildman–Crippen LogP) is 4.27. The van der Waals surface area contributed by atoms with Crippen LogP contribution in [0.25, 0.3) is 6.08 Å². The van der Waals surface area contributed by atoms with Crippen molar-refractivity contribution >= 4 is 23.4 Å². The Labute approximate surface area is 263 Å². The Balaban J connectivity index is 1.60. The van der Waals surface area contributed by atoms with Crippen LogP contribution in [-0.4, -0.2) is 38.0 Å². The molecule has 1 atom stereocenters. The van der Waals surface area contributed by atoms with Gasteiger partial charge in [-0.25, -0.2) is 9.79 Å². The Morgan fingerprint density at radius 3 is 2.44 bits per heavy atom. The van der Waals surface area contributed by atoms with Gasteiger partial charge in [-0.05, 0) is 61.4 Å². The molecule has 0 saturated heterocycles. The first-order valence-electron chi connectivity index (χ1n) is 14.2. The number of benzene rings is 3. The second-order valence-corrected chi connectivity index (χ2v) is 10.7. The Morgan fingerprint density at radius 2 is 1.76 bits per heavy atom. The van der Waals surface area contributed by atoms with Gasteiger partial charge in [0.1, 0.15) is 6.61 Å². The van der Waals surface area contributed by atoms with E-state index >= 15 is 0 Å². The second-order valence-electron chi connectivity index (χ2n) is 9.72. The van der Waals surface area contributed by atoms with Crippen LogP contribution in [0, 0.1) is 11.3 Å². The zero-order chi connectivity index (χ0) is 31.9. The first-order valence-corrected chi connectivity index (χ1v) is 15.0. The lowest BCUT2D eigenvalue weighted by molar-refractivity contribution is -0.136. The summed E-state index contributed by atoms with van der Waals surface area (Å²) in [5.74, 6) is 1.41. The van der Waals surface area contributed by atoms with Crippen molar-refractivity contribution in [3.8, 4) is 29.1 Å². The van der Waals surface area contributed by atoms with Gasteiger partial charge in [0, 0.05) is 11.8 Å². The molecule has 5 rings (SSSR count). The summed E-state index contributed by atoms with van der Waals surface area (Å²) >= 11 is 1.19. The third-order valence-electron chi connectivity index (χ3n) is 6.99. The monoisotopic (exact) mass is 625 g/mol. The number of thiazole rings is 1. The summed E-state index contributed by atoms with van der Waals surface area (Å²) in [5, 5.41) is 9.09. The molecule has 4 aromatic rings. The predicted molar refractivity (Wildman–Crippen MR) is 168 cm³/mol. The van der Waals surface area contributed by atoms with E-state index in [4.69, 9.17) is 28.9 Å². The van der Waals surface area contributed by atoms with E-state index in [1.54, 1.807) is 49.6 Å². The zero-order valence-electron chi connectivity index (χ0n) is 25.2. The minimum absolute atomic E-state index is 0.205. The molecular formula is C34H31N3O7S. The zero-order valence-corrected chi connectivity index (χ0v) is 26.1. The molecule has 0 fully saturated rings. The van der Waals surface area contributed by atoms with Gasteiger partial charge < -0.3 is 23.7 Å². The standard InChI is InChI=1S/C34H31N3O7S/c1-5-42-26-15-14-23(16-28(26)43-6-2)30-25(33(39)41-4)19-36-34-37(30)32(38)29(45-34)17-24-8-7-9-27(40-3)31(24)44-20-22-12-10-21(18-35)11-13-22/h7-17,19,30H,5-6,20H2,1-4H3/b29-17+/t30-/m0/s1. The maximum Gasteiger partial charge on any atom is 0.337 e. The minimum atomic E-state index is -0.817. The third-order valence-corrected chi connectivity index (χ3v) is 7.99. The average molecular weight is 626 g/mol. The summed E-state index contributed by atoms with van der Waals surface area (Å²) in [5.41, 5.74) is 2.54. The van der Waals surface area contributed by atoms with E-state index in [-0.39, 0.29) is 17.7 Å². The number of carbonyl (C=O) groups is 1. The van der Waals surface area contributed by atoms with Crippen molar-refractivity contribution in [2.75, 3.05) is 27.4 Å². The van der Waals surface area contributed by atoms with E-state index in [1.165, 1.54) is 29.2 Å². The molecule has 230 valence electrons. The van der Waals surface area contributed by atoms with Crippen molar-refractivity contribution in [1.82, 2.24) is 4.57 Å². The van der Waals surface area contributed by atoms with Gasteiger partial charge in [-0.15, -0.1) is 0 Å². The number of hydrogen-bond donors (Lipinski definition) is 0. The minimum Gasteiger partial charge on any atom is -0.493 e. The van der Waals surface area contributed by atoms with Crippen molar-refractivity contribution in [2.24, 2.45) is 4.99 Å². The van der Waals surface area contributed by atoms with Crippen molar-refractivity contribution in [3.05, 3.63) is 114 Å². The van der Waals surface area contributed by atoms with Crippen LogP contribution in [0.4, 0.5) is 0 Å². The van der Waals surface area contributed by atoms with Gasteiger partial charge in [0.2, 0.25) is 0 Å². The summed E-state index contributed by atoms with van der Waals surface area (Å²) in [6, 6.07) is 19.1. The summed E-state index contributed by atoms with van der Waals surface area (Å²) in [4.78, 5) is 31.9. The number of aromatic nitrogens is 1. The maximum absolute atomic E-state index is 14.1. The van der Waals surface area contributed by atoms with E-state index in [9.17, 15) is 9.59 Å². The van der Waals surface area contributed by atoms with E-state index in [0.29, 0.717) is 62.2 Å². The second kappa shape index (κ2) is 14.0. The average Bonchev–Trinajstić information content (AvgIpc) is 3.38. The molecule has 0 saturated carbocycles. The summed E-state index contributed by atoms with van der Waals surface area (Å²) in [6.45, 7) is 4.82. The van der Waals surface area contributed by atoms with E-state index in [0.717, 1.165) is 5.56 Å². The number of carbonyl (C=O) groups excluding carboxylic acids is 1. The number of rotatable bonds is 11. The molecule has 2 heterocycles. The number of ether oxygens (including phenoxy) is 5. The molecule has 0 radical (unpaired) electrons. The Bertz CT molecular complexity index is 1970. The van der Waals surface area contributed by atoms with Crippen molar-refractivity contribution in [2.45, 2.75) is 26.5 Å². The van der Waals surface area contributed by atoms with Crippen LogP contribution in [-0.2, 0) is 16.1 Å². The molecule has 1 aromatic heterocycles. The molecular weight excluding hydrogens is 594 g/mol. The van der Waals surface area contributed by atoms with Crippen LogP contribution >= 0.6 is 11.3 Å². The normalized spacial score (nSPS) is 14.0. The smallest absolute Gasteiger partial charge is 0.337 e. The molecule has 0 bridgehead atoms. The van der Waals surface area contributed by atoms with Crippen LogP contribution in [0.3, 0.4) is 0 Å². The third kappa shape index (κ3) is 6.46. The lowest BCUT2D eigenvalue weighted by Gasteiger charge is -2.23. The van der Waals surface area contributed by atoms with Gasteiger partial charge in [0.25, 0.3) is 5.56 Å². The molecule has 0 spiro atoms. The highest BCUT2D eigenvalue weighted by atomic mass is 32.1. The number of esters is 1. The highest BCUT2D eigenvalue weighted by Gasteiger charge is 2.31. The van der Waals surface area contributed by atoms with Crippen molar-refractivity contribution in [1.29, 1.82) is 5.26 Å². The Morgan fingerprint density at radius 1 is 1.00 bits per heavy atom. The lowest BCUT2D eigenvalue weighted by atomic mass is 9.97. The van der Waals surface area contributed by atoms with Gasteiger partial charge in [0.05, 0.1) is 55.2 Å². The fourth-order valence-corrected chi connectivity index (χ4v) is 5.88. The van der Waals surface area contributed by atoms with Gasteiger partial charge in [-0.2, -0.15) is 5.26 Å². The molecule has 0 aliphatic carbocycles. The SMILES string of the molecule is CCOc1ccc([C@H]2C(C(=O)OC)=CN=c3s/c(=C/c4cccc(OC)c4OCc4ccc(C#N)cc4)c(=O)n32)cc1OCC. The number of nitriles is 1. The topological polar surface area (TPSA) is 121 Å². The first kappa shape index (κ1) is 31.1. The highest BCUT2D eigenvalue weighted by Crippen LogP contribution is 2.35. The van der Waals surface area contributed by atoms with Crippen LogP contribution in [0.15, 0.2) is 82.2 Å². The molecule has 1 aliphatic rings. The van der Waals surface area contributed by atoms with Crippen LogP contribution < -0.4 is 33.8 Å². The molecule has 1 aliphatic heterocycles. The van der Waals surface area contributed by atoms with Gasteiger partial charge in [-0.1, -0.05) is 41.7 Å². The van der Waals surface area contributed by atoms with Crippen molar-refractivity contribution in [3.63, 3.8) is 0 Å². The fourth-order valence-electron chi connectivity index (χ4n) is 4.92. The quantitative estimate of drug-likeness (QED) is 0.227. The van der Waals surface area contributed by atoms with Gasteiger partial charge in [-0.3, -0.25) is 9.36 Å². The number of methoxy groups -OCH3 is 2. The molecule has 10 nitrogen and oxygen atoms in total. The highest BCUT2D eigenvalue weighted by molar-refractivity contribution is 7.07. The van der Waals surface area contributed by atoms with Gasteiger partial charge >= 0.3 is 5.97 Å². The molecule has 0 unspecified atom stereocenters. The summed E-state index contributed by atoms with van der Waals surface area (Å²) < 4.78 is 30.3. The Kier molecular flexibility index (Phi) is 9.65. The van der Waals surface area contributed by atoms with Gasteiger partial charge in [0.15, 0.2) is 27.8 Å². The van der Waals surface area contributed by atoms with E-state index < -0.39 is 12.0 Å². The Hall–Kier alpha value is -5.34. The number of fused-ring (bicyclic) bond motifs is 1. The summed E-state index contributed by atoms with van der Waals surface area (Å²) in [6.07, 6.45) is 3.17. The summed E-state index contributed by atoms with van der Waals surface area (Å²) in [7, 11) is 2.83. The molecule has 3 aromatic carbocycles. The van der Waals surface area contributed by atoms with Crippen LogP contribution in [0.2, 0.25) is 0 Å². The molecule has 45 heavy (non-hydrogen) atoms. The van der Waals surface area contributed by atoms with Crippen LogP contribution in [0.1, 0.15) is 42.1 Å². The lowest BCUT2D eigenvalue weighted by Crippen LogP contribution is -2.39. The number of para-hydroxylation sites is 1. The molecule has 0 amide bonds. The fraction of sp³-hybridized carbons (Fsp3) is 0.235. The van der Waals surface area contributed by atoms with E-state index in [1.807, 2.05) is 38.1 Å². The van der Waals surface area contributed by atoms with E-state index in [2.05, 4.69) is 11.1 Å². The first-order chi connectivity index (χ1) is 21.9. The number of hydrogen-bond acceptors (Lipinski definition) is 10. The van der Waals surface area contributed by atoms with Crippen LogP contribution in [0.5, 0.6) is 23.0 Å². The molecule has 11 heteroatoms. The maximum atomic E-state index is 14.1. The largest absolute Gasteiger partial charge is 0.493 e. The molecule has 0 N–H and O–H groups in total.